The van der Waals surface area contributed by atoms with Gasteiger partial charge >= 0.3 is 6.01 Å². The molecule has 0 radical (unpaired) electrons. The van der Waals surface area contributed by atoms with Gasteiger partial charge in [0, 0.05) is 5.69 Å². The van der Waals surface area contributed by atoms with Gasteiger partial charge in [-0.2, -0.15) is 15.0 Å². The van der Waals surface area contributed by atoms with Crippen molar-refractivity contribution in [1.82, 2.24) is 15.0 Å². The largest absolute Gasteiger partial charge is 0.467 e. The summed E-state index contributed by atoms with van der Waals surface area (Å²) in [5, 5.41) is 6.28. The molecule has 0 unspecified atom stereocenters. The monoisotopic (exact) mass is 325 g/mol. The smallest absolute Gasteiger partial charge is 0.323 e. The van der Waals surface area contributed by atoms with E-state index in [0.717, 1.165) is 17.0 Å². The first-order valence-corrected chi connectivity index (χ1v) is 7.72. The standard InChI is InChI=1S/C17H19N5O2/c1-3-23-17-21-15(18-11-14-8-5-9-24-14)20-16(22-17)19-13-7-4-6-12(2)10-13/h4-10H,3,11H2,1-2H3,(H2,18,19,20,21,22). The quantitative estimate of drug-likeness (QED) is 0.687. The second kappa shape index (κ2) is 7.45. The molecule has 24 heavy (non-hydrogen) atoms. The number of hydrogen-bond acceptors (Lipinski definition) is 7. The predicted octanol–water partition coefficient (Wildman–Crippen LogP) is 3.53. The van der Waals surface area contributed by atoms with Crippen molar-refractivity contribution in [2.24, 2.45) is 0 Å². The molecule has 0 aliphatic heterocycles. The number of hydrogen-bond donors (Lipinski definition) is 2. The van der Waals surface area contributed by atoms with Gasteiger partial charge in [0.05, 0.1) is 19.4 Å². The van der Waals surface area contributed by atoms with Crippen LogP contribution in [-0.4, -0.2) is 21.6 Å². The van der Waals surface area contributed by atoms with E-state index in [4.69, 9.17) is 9.15 Å². The second-order valence-corrected chi connectivity index (χ2v) is 5.13. The second-order valence-electron chi connectivity index (χ2n) is 5.13. The number of furan rings is 1. The molecule has 0 saturated carbocycles. The summed E-state index contributed by atoms with van der Waals surface area (Å²) in [6, 6.07) is 11.9. The molecular weight excluding hydrogens is 306 g/mol. The molecule has 3 aromatic rings. The molecule has 0 amide bonds. The average molecular weight is 325 g/mol. The number of rotatable bonds is 7. The molecule has 2 aromatic heterocycles. The lowest BCUT2D eigenvalue weighted by Gasteiger charge is -2.10. The van der Waals surface area contributed by atoms with Crippen molar-refractivity contribution < 1.29 is 9.15 Å². The third kappa shape index (κ3) is 4.22. The Kier molecular flexibility index (Phi) is 4.90. The highest BCUT2D eigenvalue weighted by Crippen LogP contribution is 2.18. The Labute approximate surface area is 140 Å². The van der Waals surface area contributed by atoms with E-state index < -0.39 is 0 Å². The van der Waals surface area contributed by atoms with Gasteiger partial charge in [0.25, 0.3) is 0 Å². The van der Waals surface area contributed by atoms with Crippen LogP contribution >= 0.6 is 0 Å². The van der Waals surface area contributed by atoms with Crippen molar-refractivity contribution in [1.29, 1.82) is 0 Å². The topological polar surface area (TPSA) is 85.1 Å². The molecule has 7 heteroatoms. The summed E-state index contributed by atoms with van der Waals surface area (Å²) in [6.45, 7) is 4.87. The van der Waals surface area contributed by atoms with Gasteiger partial charge in [-0.15, -0.1) is 0 Å². The maximum absolute atomic E-state index is 5.42. The van der Waals surface area contributed by atoms with Crippen LogP contribution in [0.4, 0.5) is 17.6 Å². The number of nitrogens with zero attached hydrogens (tertiary/aromatic N) is 3. The zero-order chi connectivity index (χ0) is 16.8. The van der Waals surface area contributed by atoms with Crippen molar-refractivity contribution in [3.8, 4) is 6.01 Å². The van der Waals surface area contributed by atoms with E-state index in [1.807, 2.05) is 50.2 Å². The summed E-state index contributed by atoms with van der Waals surface area (Å²) >= 11 is 0. The highest BCUT2D eigenvalue weighted by molar-refractivity contribution is 5.55. The molecule has 0 spiro atoms. The number of aromatic nitrogens is 3. The minimum Gasteiger partial charge on any atom is -0.467 e. The van der Waals surface area contributed by atoms with Crippen LogP contribution in [0.25, 0.3) is 0 Å². The lowest BCUT2D eigenvalue weighted by atomic mass is 10.2. The Morgan fingerprint density at radius 2 is 1.96 bits per heavy atom. The zero-order valence-electron chi connectivity index (χ0n) is 13.6. The Morgan fingerprint density at radius 1 is 1.08 bits per heavy atom. The van der Waals surface area contributed by atoms with Crippen LogP contribution in [0.15, 0.2) is 47.1 Å². The van der Waals surface area contributed by atoms with E-state index in [1.54, 1.807) is 6.26 Å². The van der Waals surface area contributed by atoms with Gasteiger partial charge in [-0.1, -0.05) is 12.1 Å². The van der Waals surface area contributed by atoms with Gasteiger partial charge in [0.1, 0.15) is 5.76 Å². The van der Waals surface area contributed by atoms with Crippen molar-refractivity contribution in [2.45, 2.75) is 20.4 Å². The van der Waals surface area contributed by atoms with Crippen LogP contribution in [0.3, 0.4) is 0 Å². The van der Waals surface area contributed by atoms with Crippen molar-refractivity contribution in [3.63, 3.8) is 0 Å². The molecular formula is C17H19N5O2. The molecule has 2 heterocycles. The van der Waals surface area contributed by atoms with E-state index in [2.05, 4.69) is 25.6 Å². The minimum absolute atomic E-state index is 0.268. The summed E-state index contributed by atoms with van der Waals surface area (Å²) < 4.78 is 10.7. The number of anilines is 3. The van der Waals surface area contributed by atoms with Crippen LogP contribution in [-0.2, 0) is 6.54 Å². The fourth-order valence-electron chi connectivity index (χ4n) is 2.12. The van der Waals surface area contributed by atoms with Gasteiger partial charge in [0.2, 0.25) is 11.9 Å². The van der Waals surface area contributed by atoms with Gasteiger partial charge in [-0.05, 0) is 43.7 Å². The van der Waals surface area contributed by atoms with E-state index in [-0.39, 0.29) is 6.01 Å². The highest BCUT2D eigenvalue weighted by Gasteiger charge is 2.08. The number of benzene rings is 1. The molecule has 7 nitrogen and oxygen atoms in total. The molecule has 0 saturated heterocycles. The highest BCUT2D eigenvalue weighted by atomic mass is 16.5. The first kappa shape index (κ1) is 15.8. The maximum atomic E-state index is 5.42. The molecule has 3 rings (SSSR count). The summed E-state index contributed by atoms with van der Waals surface area (Å²) in [5.41, 5.74) is 2.05. The first-order valence-electron chi connectivity index (χ1n) is 7.72. The summed E-state index contributed by atoms with van der Waals surface area (Å²) in [5.74, 6) is 1.63. The summed E-state index contributed by atoms with van der Waals surface area (Å²) in [7, 11) is 0. The van der Waals surface area contributed by atoms with Crippen LogP contribution in [0.5, 0.6) is 6.01 Å². The van der Waals surface area contributed by atoms with Gasteiger partial charge in [0.15, 0.2) is 0 Å². The molecule has 124 valence electrons. The van der Waals surface area contributed by atoms with Crippen LogP contribution in [0, 0.1) is 6.92 Å². The van der Waals surface area contributed by atoms with Crippen molar-refractivity contribution >= 4 is 17.6 Å². The van der Waals surface area contributed by atoms with Crippen LogP contribution in [0.2, 0.25) is 0 Å². The Bertz CT molecular complexity index is 789. The van der Waals surface area contributed by atoms with E-state index in [9.17, 15) is 0 Å². The van der Waals surface area contributed by atoms with Gasteiger partial charge < -0.3 is 19.8 Å². The van der Waals surface area contributed by atoms with E-state index in [0.29, 0.717) is 25.0 Å². The minimum atomic E-state index is 0.268. The van der Waals surface area contributed by atoms with Crippen LogP contribution in [0.1, 0.15) is 18.2 Å². The van der Waals surface area contributed by atoms with E-state index >= 15 is 0 Å². The Hall–Kier alpha value is -3.09. The number of nitrogens with one attached hydrogen (secondary N) is 2. The Balaban J connectivity index is 1.79. The number of aryl methyl sites for hydroxylation is 1. The fraction of sp³-hybridized carbons (Fsp3) is 0.235. The lowest BCUT2D eigenvalue weighted by Crippen LogP contribution is -2.09. The third-order valence-electron chi connectivity index (χ3n) is 3.16. The van der Waals surface area contributed by atoms with Gasteiger partial charge in [-0.25, -0.2) is 0 Å². The molecule has 0 aliphatic carbocycles. The Morgan fingerprint density at radius 3 is 2.71 bits per heavy atom. The molecule has 2 N–H and O–H groups in total. The molecule has 0 fully saturated rings. The summed E-state index contributed by atoms with van der Waals surface area (Å²) in [4.78, 5) is 12.9. The van der Waals surface area contributed by atoms with Crippen LogP contribution < -0.4 is 15.4 Å². The lowest BCUT2D eigenvalue weighted by molar-refractivity contribution is 0.312. The van der Waals surface area contributed by atoms with Crippen molar-refractivity contribution in [2.75, 3.05) is 17.2 Å². The average Bonchev–Trinajstić information content (AvgIpc) is 3.07. The summed E-state index contributed by atoms with van der Waals surface area (Å²) in [6.07, 6.45) is 1.63. The number of ether oxygens (including phenoxy) is 1. The van der Waals surface area contributed by atoms with E-state index in [1.165, 1.54) is 0 Å². The first-order chi connectivity index (χ1) is 11.7. The molecule has 0 bridgehead atoms. The molecule has 1 aromatic carbocycles. The van der Waals surface area contributed by atoms with Crippen molar-refractivity contribution in [3.05, 3.63) is 54.0 Å². The SMILES string of the molecule is CCOc1nc(NCc2ccco2)nc(Nc2cccc(C)c2)n1. The fourth-order valence-corrected chi connectivity index (χ4v) is 2.12. The maximum Gasteiger partial charge on any atom is 0.323 e. The molecule has 0 aliphatic rings. The third-order valence-corrected chi connectivity index (χ3v) is 3.16. The molecule has 0 atom stereocenters. The normalized spacial score (nSPS) is 10.4. The zero-order valence-corrected chi connectivity index (χ0v) is 13.6. The van der Waals surface area contributed by atoms with Gasteiger partial charge in [-0.3, -0.25) is 0 Å². The predicted molar refractivity (Wildman–Crippen MR) is 91.5 cm³/mol.